The third-order valence-corrected chi connectivity index (χ3v) is 18.1. The van der Waals surface area contributed by atoms with Crippen LogP contribution in [0.25, 0.3) is 11.8 Å². The SMILES string of the molecule is Cn1cc(S(=O)(=N[Si](C)(C)C(C)(C)C)N2CCC3=Cc4c(cnn4-c4ccc(F)cc4)C[C@]3(C(=O)c3cc(C(F)(F)F)ccn3)C2)cn1. The van der Waals surface area contributed by atoms with Crippen molar-refractivity contribution in [2.75, 3.05) is 13.1 Å². The first-order valence-electron chi connectivity index (χ1n) is 15.5. The molecular weight excluding hydrogens is 663 g/mol. The Morgan fingerprint density at radius 2 is 1.77 bits per heavy atom. The summed E-state index contributed by atoms with van der Waals surface area (Å²) in [4.78, 5) is 19.2. The Morgan fingerprint density at radius 1 is 1.06 bits per heavy atom. The highest BCUT2D eigenvalue weighted by molar-refractivity contribution is 7.92. The predicted octanol–water partition coefficient (Wildman–Crippen LogP) is 7.12. The number of ketones is 1. The smallest absolute Gasteiger partial charge is 0.291 e. The van der Waals surface area contributed by atoms with Crippen LogP contribution in [0.15, 0.2) is 75.7 Å². The zero-order valence-electron chi connectivity index (χ0n) is 27.5. The first kappa shape index (κ1) is 33.9. The Bertz CT molecular complexity index is 2050. The van der Waals surface area contributed by atoms with E-state index in [1.807, 2.05) is 19.2 Å². The van der Waals surface area contributed by atoms with Gasteiger partial charge in [0.05, 0.1) is 39.6 Å². The molecule has 15 heteroatoms. The van der Waals surface area contributed by atoms with Crippen LogP contribution < -0.4 is 0 Å². The van der Waals surface area contributed by atoms with Crippen LogP contribution in [0.5, 0.6) is 0 Å². The van der Waals surface area contributed by atoms with Gasteiger partial charge in [-0.3, -0.25) is 18.5 Å². The van der Waals surface area contributed by atoms with Crippen molar-refractivity contribution >= 4 is 30.0 Å². The number of rotatable bonds is 6. The number of pyridine rings is 1. The number of carbonyl (C=O) groups excluding carboxylic acids is 1. The van der Waals surface area contributed by atoms with E-state index < -0.39 is 46.9 Å². The molecule has 6 rings (SSSR count). The number of hydrogen-bond donors (Lipinski definition) is 0. The van der Waals surface area contributed by atoms with Crippen molar-refractivity contribution < 1.29 is 26.6 Å². The van der Waals surface area contributed by atoms with Gasteiger partial charge in [-0.05, 0) is 79.0 Å². The summed E-state index contributed by atoms with van der Waals surface area (Å²) in [6.45, 7) is 10.5. The molecule has 3 aromatic heterocycles. The van der Waals surface area contributed by atoms with Gasteiger partial charge in [0.1, 0.15) is 21.4 Å². The molecule has 0 amide bonds. The molecule has 0 spiro atoms. The Hall–Kier alpha value is -3.95. The van der Waals surface area contributed by atoms with Crippen LogP contribution in [-0.2, 0) is 29.6 Å². The second kappa shape index (κ2) is 11.6. The molecule has 4 aromatic rings. The number of fused-ring (bicyclic) bond motifs is 2. The molecule has 1 aliphatic carbocycles. The Labute approximate surface area is 278 Å². The number of aromatic nitrogens is 5. The fourth-order valence-electron chi connectivity index (χ4n) is 6.03. The van der Waals surface area contributed by atoms with E-state index in [1.165, 1.54) is 18.3 Å². The second-order valence-corrected chi connectivity index (χ2v) is 21.3. The number of aryl methyl sites for hydroxylation is 1. The molecule has 4 heterocycles. The molecule has 1 aliphatic heterocycles. The van der Waals surface area contributed by atoms with Crippen LogP contribution >= 0.6 is 0 Å². The van der Waals surface area contributed by atoms with Gasteiger partial charge in [-0.15, -0.1) is 0 Å². The topological polar surface area (TPSA) is 98.3 Å². The van der Waals surface area contributed by atoms with Crippen LogP contribution in [0.1, 0.15) is 54.5 Å². The third kappa shape index (κ3) is 5.85. The second-order valence-electron chi connectivity index (χ2n) is 14.0. The molecule has 2 aliphatic rings. The van der Waals surface area contributed by atoms with Gasteiger partial charge in [0, 0.05) is 32.5 Å². The van der Waals surface area contributed by atoms with Gasteiger partial charge in [0.2, 0.25) is 0 Å². The van der Waals surface area contributed by atoms with Crippen molar-refractivity contribution in [3.63, 3.8) is 0 Å². The monoisotopic (exact) mass is 699 g/mol. The standard InChI is InChI=1S/C33H37F4N7O2SSi/c1-31(2,3)48(5,6)41-47(46,27-19-39-42(4)20-27)43-14-12-23-16-29-22(18-40-44(29)26-9-7-25(34)8-10-26)17-32(23,21-43)30(45)28-15-24(11-13-38-28)33(35,36)37/h7-11,13,15-16,18-20H,12,14,17,21H2,1-6H3/t32-,47?/m0/s1. The van der Waals surface area contributed by atoms with Gasteiger partial charge in [0.25, 0.3) is 0 Å². The summed E-state index contributed by atoms with van der Waals surface area (Å²) in [6, 6.07) is 7.45. The summed E-state index contributed by atoms with van der Waals surface area (Å²) < 4.78 is 80.7. The molecule has 0 bridgehead atoms. The maximum atomic E-state index is 15.4. The number of halogens is 4. The summed E-state index contributed by atoms with van der Waals surface area (Å²) in [7, 11) is -4.21. The third-order valence-electron chi connectivity index (χ3n) is 9.73. The fourth-order valence-corrected chi connectivity index (χ4v) is 12.0. The lowest BCUT2D eigenvalue weighted by molar-refractivity contribution is -0.137. The number of piperidine rings is 1. The van der Waals surface area contributed by atoms with E-state index in [0.717, 1.165) is 18.3 Å². The number of carbonyl (C=O) groups is 1. The predicted molar refractivity (Wildman–Crippen MR) is 177 cm³/mol. The van der Waals surface area contributed by atoms with Gasteiger partial charge in [-0.25, -0.2) is 17.6 Å². The molecular formula is C33H37F4N7O2SSi. The minimum atomic E-state index is -4.68. The summed E-state index contributed by atoms with van der Waals surface area (Å²) >= 11 is 0. The van der Waals surface area contributed by atoms with Gasteiger partial charge < -0.3 is 0 Å². The zero-order valence-corrected chi connectivity index (χ0v) is 29.4. The van der Waals surface area contributed by atoms with Crippen LogP contribution in [0, 0.1) is 11.2 Å². The Kier molecular flexibility index (Phi) is 8.19. The molecule has 0 saturated carbocycles. The van der Waals surface area contributed by atoms with Crippen molar-refractivity contribution in [1.82, 2.24) is 28.9 Å². The number of benzene rings is 1. The highest BCUT2D eigenvalue weighted by Gasteiger charge is 2.52. The minimum Gasteiger partial charge on any atom is -0.291 e. The lowest BCUT2D eigenvalue weighted by Gasteiger charge is -2.46. The Balaban J connectivity index is 1.53. The summed E-state index contributed by atoms with van der Waals surface area (Å²) in [5, 5.41) is 8.57. The van der Waals surface area contributed by atoms with Crippen molar-refractivity contribution in [3.05, 3.63) is 95.1 Å². The maximum absolute atomic E-state index is 15.4. The number of alkyl halides is 3. The largest absolute Gasteiger partial charge is 0.416 e. The summed E-state index contributed by atoms with van der Waals surface area (Å²) in [5.74, 6) is -1.01. The maximum Gasteiger partial charge on any atom is 0.416 e. The van der Waals surface area contributed by atoms with E-state index in [2.05, 4.69) is 36.0 Å². The van der Waals surface area contributed by atoms with Crippen molar-refractivity contribution in [1.29, 1.82) is 0 Å². The highest BCUT2D eigenvalue weighted by Crippen LogP contribution is 2.48. The molecule has 254 valence electrons. The van der Waals surface area contributed by atoms with Crippen molar-refractivity contribution in [3.8, 4) is 5.69 Å². The van der Waals surface area contributed by atoms with Crippen LogP contribution in [0.2, 0.25) is 18.1 Å². The van der Waals surface area contributed by atoms with E-state index in [4.69, 9.17) is 4.03 Å². The average molecular weight is 700 g/mol. The summed E-state index contributed by atoms with van der Waals surface area (Å²) in [6.07, 6.45) is 3.31. The van der Waals surface area contributed by atoms with E-state index in [9.17, 15) is 22.4 Å². The van der Waals surface area contributed by atoms with Crippen molar-refractivity contribution in [2.24, 2.45) is 16.5 Å². The zero-order chi connectivity index (χ0) is 34.9. The van der Waals surface area contributed by atoms with Crippen LogP contribution in [-0.4, -0.2) is 60.2 Å². The van der Waals surface area contributed by atoms with Gasteiger partial charge in [-0.2, -0.15) is 23.4 Å². The molecule has 1 unspecified atom stereocenters. The van der Waals surface area contributed by atoms with Gasteiger partial charge in [-0.1, -0.05) is 26.3 Å². The molecule has 48 heavy (non-hydrogen) atoms. The minimum absolute atomic E-state index is 0.0747. The summed E-state index contributed by atoms with van der Waals surface area (Å²) in [5.41, 5.74) is -0.113. The van der Waals surface area contributed by atoms with E-state index in [1.54, 1.807) is 45.2 Å². The van der Waals surface area contributed by atoms with E-state index in [0.29, 0.717) is 27.4 Å². The fraction of sp³-hybridized carbons (Fsp3) is 0.394. The molecule has 9 nitrogen and oxygen atoms in total. The molecule has 1 aromatic carbocycles. The number of nitrogens with zero attached hydrogens (tertiary/aromatic N) is 7. The molecule has 0 N–H and O–H groups in total. The van der Waals surface area contributed by atoms with Crippen molar-refractivity contribution in [2.45, 2.75) is 62.8 Å². The number of hydrogen-bond acceptors (Lipinski definition) is 6. The van der Waals surface area contributed by atoms with Crippen LogP contribution in [0.3, 0.4) is 0 Å². The van der Waals surface area contributed by atoms with Crippen LogP contribution in [0.4, 0.5) is 17.6 Å². The van der Waals surface area contributed by atoms with Gasteiger partial charge in [0.15, 0.2) is 14.0 Å². The highest BCUT2D eigenvalue weighted by atomic mass is 32.2. The Morgan fingerprint density at radius 3 is 2.40 bits per heavy atom. The van der Waals surface area contributed by atoms with E-state index >= 15 is 4.21 Å². The average Bonchev–Trinajstić information content (AvgIpc) is 3.64. The molecule has 0 radical (unpaired) electrons. The van der Waals surface area contributed by atoms with Gasteiger partial charge >= 0.3 is 6.18 Å². The normalized spacial score (nSPS) is 20.0. The number of Topliss-reactive ketones (excluding diaryl/α,β-unsaturated/α-hetero) is 1. The lowest BCUT2D eigenvalue weighted by atomic mass is 9.65. The quantitative estimate of drug-likeness (QED) is 0.121. The molecule has 1 fully saturated rings. The molecule has 1 saturated heterocycles. The first-order chi connectivity index (χ1) is 22.3. The van der Waals surface area contributed by atoms with E-state index in [-0.39, 0.29) is 36.7 Å². The molecule has 2 atom stereocenters. The first-order valence-corrected chi connectivity index (χ1v) is 19.9. The lowest BCUT2D eigenvalue weighted by Crippen LogP contribution is -2.54.